The number of aliphatic hydroxyl groups is 1. The van der Waals surface area contributed by atoms with E-state index >= 15 is 0 Å². The monoisotopic (exact) mass is 507 g/mol. The van der Waals surface area contributed by atoms with E-state index in [0.717, 1.165) is 16.9 Å². The second kappa shape index (κ2) is 9.47. The van der Waals surface area contributed by atoms with Gasteiger partial charge in [0.05, 0.1) is 17.9 Å². The average molecular weight is 508 g/mol. The largest absolute Gasteiger partial charge is 0.503 e. The number of amides is 1. The molecule has 0 radical (unpaired) electrons. The van der Waals surface area contributed by atoms with Crippen LogP contribution < -0.4 is 4.90 Å². The van der Waals surface area contributed by atoms with Gasteiger partial charge >= 0.3 is 0 Å². The van der Waals surface area contributed by atoms with Crippen molar-refractivity contribution in [3.63, 3.8) is 0 Å². The summed E-state index contributed by atoms with van der Waals surface area (Å²) in [5.41, 5.74) is 2.05. The van der Waals surface area contributed by atoms with Crippen molar-refractivity contribution < 1.29 is 23.5 Å². The van der Waals surface area contributed by atoms with Crippen molar-refractivity contribution in [3.05, 3.63) is 107 Å². The lowest BCUT2D eigenvalue weighted by Gasteiger charge is -2.23. The number of anilines is 1. The van der Waals surface area contributed by atoms with E-state index in [2.05, 4.69) is 10.2 Å². The molecule has 1 unspecified atom stereocenters. The van der Waals surface area contributed by atoms with Crippen molar-refractivity contribution >= 4 is 39.9 Å². The van der Waals surface area contributed by atoms with Crippen molar-refractivity contribution in [1.29, 1.82) is 0 Å². The van der Waals surface area contributed by atoms with Gasteiger partial charge in [-0.25, -0.2) is 4.39 Å². The molecule has 1 amide bonds. The van der Waals surface area contributed by atoms with Crippen LogP contribution in [0.2, 0.25) is 0 Å². The zero-order valence-corrected chi connectivity index (χ0v) is 20.0. The number of hydrogen-bond acceptors (Lipinski definition) is 8. The zero-order valence-electron chi connectivity index (χ0n) is 18.3. The van der Waals surface area contributed by atoms with Crippen LogP contribution in [0.5, 0.6) is 0 Å². The Bertz CT molecular complexity index is 1430. The van der Waals surface area contributed by atoms with Crippen LogP contribution >= 0.6 is 23.1 Å². The Hall–Kier alpha value is -3.76. The molecule has 1 N–H and O–H groups in total. The molecule has 35 heavy (non-hydrogen) atoms. The molecule has 3 heterocycles. The maximum absolute atomic E-state index is 14.0. The topological polar surface area (TPSA) is 96.5 Å². The molecule has 1 aliphatic heterocycles. The Morgan fingerprint density at radius 2 is 1.91 bits per heavy atom. The standard InChI is InChI=1S/C25H18FN3O4S2/c1-14-8-10-15(11-9-14)20-19(21(30)18-7-4-12-33-18)22(31)23(32)29(20)24-27-28-25(35-24)34-13-16-5-2-3-6-17(16)26/h2-12,20,31H,13H2,1H3. The fraction of sp³-hybridized carbons (Fsp3) is 0.120. The van der Waals surface area contributed by atoms with Gasteiger partial charge in [-0.3, -0.25) is 14.5 Å². The molecule has 0 fully saturated rings. The quantitative estimate of drug-likeness (QED) is 0.196. The Kier molecular flexibility index (Phi) is 6.23. The number of thioether (sulfide) groups is 1. The highest BCUT2D eigenvalue weighted by molar-refractivity contribution is 8.00. The van der Waals surface area contributed by atoms with Gasteiger partial charge in [-0.1, -0.05) is 71.1 Å². The Morgan fingerprint density at radius 1 is 1.14 bits per heavy atom. The smallest absolute Gasteiger partial charge is 0.296 e. The van der Waals surface area contributed by atoms with E-state index in [1.54, 1.807) is 36.4 Å². The summed E-state index contributed by atoms with van der Waals surface area (Å²) < 4.78 is 19.7. The van der Waals surface area contributed by atoms with Gasteiger partial charge in [0.2, 0.25) is 10.9 Å². The predicted molar refractivity (Wildman–Crippen MR) is 130 cm³/mol. The number of aromatic nitrogens is 2. The van der Waals surface area contributed by atoms with Gasteiger partial charge in [0.15, 0.2) is 15.9 Å². The van der Waals surface area contributed by atoms with Crippen LogP contribution in [0.3, 0.4) is 0 Å². The minimum Gasteiger partial charge on any atom is -0.503 e. The van der Waals surface area contributed by atoms with Gasteiger partial charge in [0.1, 0.15) is 5.82 Å². The van der Waals surface area contributed by atoms with Crippen molar-refractivity contribution in [3.8, 4) is 0 Å². The van der Waals surface area contributed by atoms with E-state index in [1.807, 2.05) is 19.1 Å². The number of carbonyl (C=O) groups is 2. The molecule has 0 saturated carbocycles. The van der Waals surface area contributed by atoms with Crippen molar-refractivity contribution in [1.82, 2.24) is 10.2 Å². The highest BCUT2D eigenvalue weighted by Crippen LogP contribution is 2.44. The Morgan fingerprint density at radius 3 is 2.63 bits per heavy atom. The molecule has 4 aromatic rings. The minimum atomic E-state index is -0.918. The van der Waals surface area contributed by atoms with Crippen LogP contribution in [0.4, 0.5) is 9.52 Å². The number of hydrogen-bond donors (Lipinski definition) is 1. The van der Waals surface area contributed by atoms with Gasteiger partial charge in [-0.15, -0.1) is 10.2 Å². The van der Waals surface area contributed by atoms with E-state index in [9.17, 15) is 19.1 Å². The number of halogens is 1. The number of aliphatic hydroxyl groups excluding tert-OH is 1. The normalized spacial score (nSPS) is 15.8. The summed E-state index contributed by atoms with van der Waals surface area (Å²) in [5, 5.41) is 19.3. The molecule has 1 atom stereocenters. The van der Waals surface area contributed by atoms with Crippen molar-refractivity contribution in [2.75, 3.05) is 4.90 Å². The lowest BCUT2D eigenvalue weighted by atomic mass is 9.95. The maximum atomic E-state index is 14.0. The molecule has 0 saturated heterocycles. The summed E-state index contributed by atoms with van der Waals surface area (Å²) in [5.74, 6) is -1.97. The molecular weight excluding hydrogens is 489 g/mol. The zero-order chi connectivity index (χ0) is 24.5. The van der Waals surface area contributed by atoms with Crippen molar-refractivity contribution in [2.45, 2.75) is 23.1 Å². The summed E-state index contributed by atoms with van der Waals surface area (Å²) in [4.78, 5) is 27.7. The summed E-state index contributed by atoms with van der Waals surface area (Å²) in [7, 11) is 0. The van der Waals surface area contributed by atoms with Gasteiger partial charge in [0.25, 0.3) is 5.91 Å². The van der Waals surface area contributed by atoms with Gasteiger partial charge < -0.3 is 9.52 Å². The first kappa shape index (κ1) is 23.0. The number of nitrogens with zero attached hydrogens (tertiary/aromatic N) is 3. The number of rotatable bonds is 7. The first-order valence-electron chi connectivity index (χ1n) is 10.5. The van der Waals surface area contributed by atoms with Crippen LogP contribution in [-0.4, -0.2) is 27.0 Å². The molecule has 176 valence electrons. The average Bonchev–Trinajstić information content (AvgIpc) is 3.60. The number of aryl methyl sites for hydroxylation is 1. The maximum Gasteiger partial charge on any atom is 0.296 e. The lowest BCUT2D eigenvalue weighted by molar-refractivity contribution is -0.117. The lowest BCUT2D eigenvalue weighted by Crippen LogP contribution is -2.31. The van der Waals surface area contributed by atoms with Crippen LogP contribution in [-0.2, 0) is 10.5 Å². The molecule has 0 spiro atoms. The summed E-state index contributed by atoms with van der Waals surface area (Å²) in [6.07, 6.45) is 1.35. The predicted octanol–water partition coefficient (Wildman–Crippen LogP) is 5.65. The van der Waals surface area contributed by atoms with Crippen LogP contribution in [0, 0.1) is 12.7 Å². The second-order valence-electron chi connectivity index (χ2n) is 7.79. The van der Waals surface area contributed by atoms with Crippen LogP contribution in [0.1, 0.15) is 33.3 Å². The molecule has 2 aromatic heterocycles. The molecule has 5 rings (SSSR count). The summed E-state index contributed by atoms with van der Waals surface area (Å²) in [6, 6.07) is 15.9. The third-order valence-electron chi connectivity index (χ3n) is 5.50. The molecule has 2 aromatic carbocycles. The first-order valence-corrected chi connectivity index (χ1v) is 12.4. The van der Waals surface area contributed by atoms with E-state index in [4.69, 9.17) is 4.42 Å². The molecule has 7 nitrogen and oxygen atoms in total. The van der Waals surface area contributed by atoms with E-state index in [-0.39, 0.29) is 22.3 Å². The molecule has 0 bridgehead atoms. The number of furan rings is 1. The first-order chi connectivity index (χ1) is 16.9. The number of ketones is 1. The minimum absolute atomic E-state index is 0.0108. The van der Waals surface area contributed by atoms with Gasteiger partial charge in [-0.05, 0) is 36.2 Å². The van der Waals surface area contributed by atoms with Gasteiger partial charge in [0, 0.05) is 5.75 Å². The van der Waals surface area contributed by atoms with Crippen LogP contribution in [0.15, 0.2) is 87.0 Å². The van der Waals surface area contributed by atoms with E-state index in [0.29, 0.717) is 21.2 Å². The van der Waals surface area contributed by atoms with E-state index < -0.39 is 23.5 Å². The van der Waals surface area contributed by atoms with Crippen molar-refractivity contribution in [2.24, 2.45) is 0 Å². The fourth-order valence-corrected chi connectivity index (χ4v) is 5.61. The fourth-order valence-electron chi connectivity index (χ4n) is 3.75. The third-order valence-corrected chi connectivity index (χ3v) is 7.61. The number of carbonyl (C=O) groups excluding carboxylic acids is 2. The highest BCUT2D eigenvalue weighted by atomic mass is 32.2. The van der Waals surface area contributed by atoms with Crippen LogP contribution in [0.25, 0.3) is 0 Å². The molecule has 0 aliphatic carbocycles. The number of benzene rings is 2. The van der Waals surface area contributed by atoms with Gasteiger partial charge in [-0.2, -0.15) is 0 Å². The molecule has 10 heteroatoms. The SMILES string of the molecule is Cc1ccc(C2C(C(=O)c3ccco3)=C(O)C(=O)N2c2nnc(SCc3ccccc3F)s2)cc1. The molecular formula is C25H18FN3O4S2. The molecule has 1 aliphatic rings. The summed E-state index contributed by atoms with van der Waals surface area (Å²) >= 11 is 2.41. The third kappa shape index (κ3) is 4.38. The number of Topliss-reactive ketones (excluding diaryl/α,β-unsaturated/α-hetero) is 1. The summed E-state index contributed by atoms with van der Waals surface area (Å²) in [6.45, 7) is 1.92. The second-order valence-corrected chi connectivity index (χ2v) is 9.97. The van der Waals surface area contributed by atoms with E-state index in [1.165, 1.54) is 35.1 Å². The highest BCUT2D eigenvalue weighted by Gasteiger charge is 2.46. The Labute approximate surface area is 207 Å². The Balaban J connectivity index is 1.49.